The number of benzene rings is 1. The van der Waals surface area contributed by atoms with Crippen LogP contribution in [0, 0.1) is 5.92 Å². The van der Waals surface area contributed by atoms with Gasteiger partial charge >= 0.3 is 5.97 Å². The molecule has 1 N–H and O–H groups in total. The van der Waals surface area contributed by atoms with E-state index in [1.54, 1.807) is 11.0 Å². The molecule has 1 atom stereocenters. The summed E-state index contributed by atoms with van der Waals surface area (Å²) in [6, 6.07) is 7.45. The number of halogens is 1. The van der Waals surface area contributed by atoms with Gasteiger partial charge in [0, 0.05) is 24.5 Å². The van der Waals surface area contributed by atoms with E-state index in [-0.39, 0.29) is 5.91 Å². The molecule has 0 aliphatic carbocycles. The minimum atomic E-state index is -0.818. The number of carbonyl (C=O) groups excluding carboxylic acids is 1. The molecule has 1 amide bonds. The van der Waals surface area contributed by atoms with E-state index in [1.165, 1.54) is 0 Å². The Hall–Kier alpha value is -1.55. The van der Waals surface area contributed by atoms with E-state index >= 15 is 0 Å². The Morgan fingerprint density at radius 2 is 2.11 bits per heavy atom. The molecule has 1 heterocycles. The summed E-state index contributed by atoms with van der Waals surface area (Å²) in [5.41, 5.74) is 0.950. The zero-order chi connectivity index (χ0) is 13.8. The molecule has 0 spiro atoms. The second kappa shape index (κ2) is 6.06. The van der Waals surface area contributed by atoms with Gasteiger partial charge in [0.2, 0.25) is 5.91 Å². The van der Waals surface area contributed by atoms with Crippen molar-refractivity contribution < 1.29 is 14.7 Å². The first-order valence-corrected chi connectivity index (χ1v) is 6.69. The van der Waals surface area contributed by atoms with Crippen LogP contribution in [-0.2, 0) is 16.0 Å². The first kappa shape index (κ1) is 13.9. The molecule has 19 heavy (non-hydrogen) atoms. The molecule has 5 heteroatoms. The lowest BCUT2D eigenvalue weighted by Crippen LogP contribution is -2.30. The molecule has 0 saturated carbocycles. The van der Waals surface area contributed by atoms with Gasteiger partial charge in [-0.1, -0.05) is 29.8 Å². The van der Waals surface area contributed by atoms with Crippen LogP contribution >= 0.6 is 11.6 Å². The predicted octanol–water partition coefficient (Wildman–Crippen LogP) is 2.21. The maximum Gasteiger partial charge on any atom is 0.308 e. The van der Waals surface area contributed by atoms with Crippen molar-refractivity contribution in [2.75, 3.05) is 13.1 Å². The highest BCUT2D eigenvalue weighted by Gasteiger charge is 2.30. The number of hydrogen-bond acceptors (Lipinski definition) is 2. The van der Waals surface area contributed by atoms with Crippen LogP contribution in [0.3, 0.4) is 0 Å². The standard InChI is InChI=1S/C14H16ClNO3/c15-12-4-2-1-3-10(12)5-6-13(17)16-8-7-11(9-16)14(18)19/h1-4,11H,5-9H2,(H,18,19)/t11-/m1/s1. The molecule has 0 aromatic heterocycles. The smallest absolute Gasteiger partial charge is 0.308 e. The molecule has 1 aliphatic heterocycles. The number of carboxylic acid groups (broad SMARTS) is 1. The van der Waals surface area contributed by atoms with Crippen LogP contribution in [0.25, 0.3) is 0 Å². The molecular weight excluding hydrogens is 266 g/mol. The molecule has 2 rings (SSSR count). The first-order valence-electron chi connectivity index (χ1n) is 6.32. The Morgan fingerprint density at radius 1 is 1.37 bits per heavy atom. The van der Waals surface area contributed by atoms with Crippen molar-refractivity contribution in [1.29, 1.82) is 0 Å². The van der Waals surface area contributed by atoms with E-state index in [9.17, 15) is 9.59 Å². The second-order valence-corrected chi connectivity index (χ2v) is 5.16. The van der Waals surface area contributed by atoms with Crippen LogP contribution in [0.15, 0.2) is 24.3 Å². The van der Waals surface area contributed by atoms with E-state index in [2.05, 4.69) is 0 Å². The fourth-order valence-corrected chi connectivity index (χ4v) is 2.52. The van der Waals surface area contributed by atoms with Crippen molar-refractivity contribution in [2.24, 2.45) is 5.92 Å². The largest absolute Gasteiger partial charge is 0.481 e. The molecule has 0 unspecified atom stereocenters. The Morgan fingerprint density at radius 3 is 2.74 bits per heavy atom. The highest BCUT2D eigenvalue weighted by Crippen LogP contribution is 2.20. The molecule has 1 aromatic rings. The highest BCUT2D eigenvalue weighted by atomic mass is 35.5. The summed E-state index contributed by atoms with van der Waals surface area (Å²) in [5, 5.41) is 9.57. The minimum absolute atomic E-state index is 0.00340. The van der Waals surface area contributed by atoms with E-state index in [0.29, 0.717) is 37.4 Å². The van der Waals surface area contributed by atoms with Crippen molar-refractivity contribution in [2.45, 2.75) is 19.3 Å². The van der Waals surface area contributed by atoms with Crippen molar-refractivity contribution in [3.8, 4) is 0 Å². The molecule has 0 radical (unpaired) electrons. The second-order valence-electron chi connectivity index (χ2n) is 4.75. The van der Waals surface area contributed by atoms with Crippen LogP contribution in [0.5, 0.6) is 0 Å². The number of aliphatic carboxylic acids is 1. The Kier molecular flexibility index (Phi) is 4.43. The van der Waals surface area contributed by atoms with Crippen LogP contribution in [0.2, 0.25) is 5.02 Å². The fraction of sp³-hybridized carbons (Fsp3) is 0.429. The Balaban J connectivity index is 1.86. The van der Waals surface area contributed by atoms with Gasteiger partial charge in [-0.15, -0.1) is 0 Å². The average molecular weight is 282 g/mol. The summed E-state index contributed by atoms with van der Waals surface area (Å²) in [4.78, 5) is 24.5. The summed E-state index contributed by atoms with van der Waals surface area (Å²) in [6.07, 6.45) is 1.51. The lowest BCUT2D eigenvalue weighted by atomic mass is 10.1. The summed E-state index contributed by atoms with van der Waals surface area (Å²) in [7, 11) is 0. The summed E-state index contributed by atoms with van der Waals surface area (Å²) < 4.78 is 0. The van der Waals surface area contributed by atoms with E-state index < -0.39 is 11.9 Å². The lowest BCUT2D eigenvalue weighted by molar-refractivity contribution is -0.141. The number of aryl methyl sites for hydroxylation is 1. The van der Waals surface area contributed by atoms with Crippen molar-refractivity contribution >= 4 is 23.5 Å². The first-order chi connectivity index (χ1) is 9.08. The molecule has 1 aliphatic rings. The van der Waals surface area contributed by atoms with Gasteiger partial charge in [0.1, 0.15) is 0 Å². The fourth-order valence-electron chi connectivity index (χ4n) is 2.29. The van der Waals surface area contributed by atoms with E-state index in [4.69, 9.17) is 16.7 Å². The summed E-state index contributed by atoms with van der Waals surface area (Å²) in [5.74, 6) is -1.23. The van der Waals surface area contributed by atoms with E-state index in [1.807, 2.05) is 18.2 Å². The van der Waals surface area contributed by atoms with Crippen LogP contribution < -0.4 is 0 Å². The number of likely N-dealkylation sites (tertiary alicyclic amines) is 1. The number of carbonyl (C=O) groups is 2. The normalized spacial score (nSPS) is 18.6. The molecule has 1 fully saturated rings. The third-order valence-electron chi connectivity index (χ3n) is 3.46. The Labute approximate surface area is 117 Å². The topological polar surface area (TPSA) is 57.6 Å². The van der Waals surface area contributed by atoms with Gasteiger partial charge in [-0.2, -0.15) is 0 Å². The maximum absolute atomic E-state index is 12.0. The molecular formula is C14H16ClNO3. The molecule has 4 nitrogen and oxygen atoms in total. The van der Waals surface area contributed by atoms with Crippen LogP contribution in [0.1, 0.15) is 18.4 Å². The van der Waals surface area contributed by atoms with Gasteiger partial charge in [0.15, 0.2) is 0 Å². The lowest BCUT2D eigenvalue weighted by Gasteiger charge is -2.15. The molecule has 1 saturated heterocycles. The van der Waals surface area contributed by atoms with Gasteiger partial charge in [-0.25, -0.2) is 0 Å². The van der Waals surface area contributed by atoms with Gasteiger partial charge in [0.05, 0.1) is 5.92 Å². The third kappa shape index (κ3) is 3.47. The van der Waals surface area contributed by atoms with Gasteiger partial charge in [0.25, 0.3) is 0 Å². The zero-order valence-corrected chi connectivity index (χ0v) is 11.3. The number of rotatable bonds is 4. The van der Waals surface area contributed by atoms with Crippen LogP contribution in [-0.4, -0.2) is 35.0 Å². The maximum atomic E-state index is 12.0. The number of amides is 1. The highest BCUT2D eigenvalue weighted by molar-refractivity contribution is 6.31. The van der Waals surface area contributed by atoms with Gasteiger partial charge < -0.3 is 10.0 Å². The van der Waals surface area contributed by atoms with Crippen molar-refractivity contribution in [3.05, 3.63) is 34.9 Å². The van der Waals surface area contributed by atoms with Gasteiger partial charge in [-0.3, -0.25) is 9.59 Å². The zero-order valence-electron chi connectivity index (χ0n) is 10.5. The van der Waals surface area contributed by atoms with Crippen molar-refractivity contribution in [1.82, 2.24) is 4.90 Å². The predicted molar refractivity (Wildman–Crippen MR) is 72.1 cm³/mol. The molecule has 102 valence electrons. The molecule has 0 bridgehead atoms. The van der Waals surface area contributed by atoms with Crippen LogP contribution in [0.4, 0.5) is 0 Å². The quantitative estimate of drug-likeness (QED) is 0.920. The minimum Gasteiger partial charge on any atom is -0.481 e. The SMILES string of the molecule is O=C(O)[C@@H]1CCN(C(=O)CCc2ccccc2Cl)C1. The summed E-state index contributed by atoms with van der Waals surface area (Å²) in [6.45, 7) is 0.870. The monoisotopic (exact) mass is 281 g/mol. The summed E-state index contributed by atoms with van der Waals surface area (Å²) >= 11 is 6.03. The van der Waals surface area contributed by atoms with E-state index in [0.717, 1.165) is 5.56 Å². The average Bonchev–Trinajstić information content (AvgIpc) is 2.87. The third-order valence-corrected chi connectivity index (χ3v) is 3.82. The number of hydrogen-bond donors (Lipinski definition) is 1. The number of nitrogens with zero attached hydrogens (tertiary/aromatic N) is 1. The van der Waals surface area contributed by atoms with Gasteiger partial charge in [-0.05, 0) is 24.5 Å². The van der Waals surface area contributed by atoms with Crippen molar-refractivity contribution in [3.63, 3.8) is 0 Å². The number of carboxylic acids is 1. The molecule has 1 aromatic carbocycles. The Bertz CT molecular complexity index is 489.